The number of carbonyl (C=O) groups excluding carboxylic acids is 1. The average Bonchev–Trinajstić information content (AvgIpc) is 2.59. The highest BCUT2D eigenvalue weighted by atomic mass is 32.1. The third-order valence-corrected chi connectivity index (χ3v) is 4.24. The van der Waals surface area contributed by atoms with Crippen molar-refractivity contribution >= 4 is 34.6 Å². The van der Waals surface area contributed by atoms with E-state index in [0.29, 0.717) is 21.6 Å². The lowest BCUT2D eigenvalue weighted by molar-refractivity contribution is 0.0696. The molecular formula is C19H20N2O3S. The maximum absolute atomic E-state index is 12.6. The summed E-state index contributed by atoms with van der Waals surface area (Å²) in [5.41, 5.74) is 2.40. The summed E-state index contributed by atoms with van der Waals surface area (Å²) in [6.07, 6.45) is 0. The molecule has 0 aliphatic rings. The molecule has 0 heterocycles. The summed E-state index contributed by atoms with van der Waals surface area (Å²) in [6.45, 7) is 0. The van der Waals surface area contributed by atoms with Gasteiger partial charge in [-0.2, -0.15) is 0 Å². The minimum absolute atomic E-state index is 0.118. The Labute approximate surface area is 152 Å². The van der Waals surface area contributed by atoms with Crippen molar-refractivity contribution in [2.24, 2.45) is 0 Å². The van der Waals surface area contributed by atoms with E-state index in [1.165, 1.54) is 11.0 Å². The van der Waals surface area contributed by atoms with Crippen molar-refractivity contribution < 1.29 is 14.7 Å². The van der Waals surface area contributed by atoms with Crippen LogP contribution in [0.2, 0.25) is 0 Å². The van der Waals surface area contributed by atoms with E-state index in [1.807, 2.05) is 25.1 Å². The molecule has 130 valence electrons. The van der Waals surface area contributed by atoms with E-state index in [2.05, 4.69) is 0 Å². The van der Waals surface area contributed by atoms with E-state index in [9.17, 15) is 14.7 Å². The van der Waals surface area contributed by atoms with Crippen molar-refractivity contribution in [3.63, 3.8) is 0 Å². The Hall–Kier alpha value is -2.73. The Morgan fingerprint density at radius 1 is 0.880 bits per heavy atom. The van der Waals surface area contributed by atoms with Crippen molar-refractivity contribution in [3.05, 3.63) is 64.7 Å². The van der Waals surface area contributed by atoms with Gasteiger partial charge in [0.15, 0.2) is 0 Å². The second-order valence-electron chi connectivity index (χ2n) is 6.00. The van der Waals surface area contributed by atoms with Gasteiger partial charge in [0.05, 0.1) is 16.0 Å². The SMILES string of the molecule is CN(C)C(=O)c1cc(N(C)C)ccc1C(=S)c1ccccc1C(=O)O. The number of nitrogens with zero attached hydrogens (tertiary/aromatic N) is 2. The van der Waals surface area contributed by atoms with Crippen LogP contribution in [-0.2, 0) is 0 Å². The molecular weight excluding hydrogens is 336 g/mol. The first-order valence-corrected chi connectivity index (χ1v) is 8.05. The smallest absolute Gasteiger partial charge is 0.336 e. The topological polar surface area (TPSA) is 60.9 Å². The molecule has 0 atom stereocenters. The number of hydrogen-bond acceptors (Lipinski definition) is 4. The highest BCUT2D eigenvalue weighted by Crippen LogP contribution is 2.24. The quantitative estimate of drug-likeness (QED) is 0.659. The summed E-state index contributed by atoms with van der Waals surface area (Å²) in [6, 6.07) is 11.9. The van der Waals surface area contributed by atoms with Crippen molar-refractivity contribution in [2.45, 2.75) is 0 Å². The molecule has 6 heteroatoms. The number of thiocarbonyl (C=S) groups is 1. The molecule has 5 nitrogen and oxygen atoms in total. The molecule has 2 rings (SSSR count). The lowest BCUT2D eigenvalue weighted by atomic mass is 9.95. The van der Waals surface area contributed by atoms with Crippen LogP contribution in [0.5, 0.6) is 0 Å². The predicted octanol–water partition coefficient (Wildman–Crippen LogP) is 2.92. The summed E-state index contributed by atoms with van der Waals surface area (Å²) < 4.78 is 0. The Morgan fingerprint density at radius 3 is 1.96 bits per heavy atom. The normalized spacial score (nSPS) is 10.2. The van der Waals surface area contributed by atoms with Gasteiger partial charge in [0.2, 0.25) is 0 Å². The minimum atomic E-state index is -1.05. The van der Waals surface area contributed by atoms with Crippen molar-refractivity contribution in [1.29, 1.82) is 0 Å². The van der Waals surface area contributed by atoms with Crippen molar-refractivity contribution in [1.82, 2.24) is 4.90 Å². The molecule has 0 saturated heterocycles. The number of amides is 1. The van der Waals surface area contributed by atoms with Crippen LogP contribution in [0, 0.1) is 0 Å². The fourth-order valence-corrected chi connectivity index (χ4v) is 2.79. The van der Waals surface area contributed by atoms with Crippen LogP contribution in [0.15, 0.2) is 42.5 Å². The van der Waals surface area contributed by atoms with Gasteiger partial charge in [0.25, 0.3) is 5.91 Å². The van der Waals surface area contributed by atoms with Crippen LogP contribution in [0.3, 0.4) is 0 Å². The van der Waals surface area contributed by atoms with Gasteiger partial charge in [0.1, 0.15) is 0 Å². The van der Waals surface area contributed by atoms with Crippen LogP contribution in [0.1, 0.15) is 31.8 Å². The molecule has 1 N–H and O–H groups in total. The van der Waals surface area contributed by atoms with Gasteiger partial charge in [-0.05, 0) is 18.2 Å². The highest BCUT2D eigenvalue weighted by molar-refractivity contribution is 7.81. The van der Waals surface area contributed by atoms with Gasteiger partial charge >= 0.3 is 5.97 Å². The lowest BCUT2D eigenvalue weighted by Gasteiger charge is -2.19. The maximum atomic E-state index is 12.6. The zero-order chi connectivity index (χ0) is 18.7. The number of rotatable bonds is 5. The standard InChI is InChI=1S/C19H20N2O3S/c1-20(2)12-9-10-14(16(11-12)18(22)21(3)4)17(25)13-7-5-6-8-15(13)19(23)24/h5-11H,1-4H3,(H,23,24). The number of carboxylic acid groups (broad SMARTS) is 1. The molecule has 2 aromatic carbocycles. The monoisotopic (exact) mass is 356 g/mol. The van der Waals surface area contributed by atoms with E-state index in [0.717, 1.165) is 5.69 Å². The number of carbonyl (C=O) groups is 2. The largest absolute Gasteiger partial charge is 0.478 e. The van der Waals surface area contributed by atoms with Crippen LogP contribution < -0.4 is 4.90 Å². The summed E-state index contributed by atoms with van der Waals surface area (Å²) in [7, 11) is 7.11. The molecule has 25 heavy (non-hydrogen) atoms. The first-order valence-electron chi connectivity index (χ1n) is 7.64. The molecule has 0 aliphatic heterocycles. The zero-order valence-electron chi connectivity index (χ0n) is 14.6. The number of aromatic carboxylic acids is 1. The minimum Gasteiger partial charge on any atom is -0.478 e. The molecule has 0 aliphatic carbocycles. The van der Waals surface area contributed by atoms with Gasteiger partial charge < -0.3 is 14.9 Å². The molecule has 0 aromatic heterocycles. The van der Waals surface area contributed by atoms with Crippen LogP contribution in [-0.4, -0.2) is 54.9 Å². The summed E-state index contributed by atoms with van der Waals surface area (Å²) in [5, 5.41) is 9.40. The number of hydrogen-bond donors (Lipinski definition) is 1. The first-order chi connectivity index (χ1) is 11.7. The Balaban J connectivity index is 2.64. The van der Waals surface area contributed by atoms with E-state index < -0.39 is 5.97 Å². The van der Waals surface area contributed by atoms with Gasteiger partial charge in [-0.3, -0.25) is 4.79 Å². The van der Waals surface area contributed by atoms with Gasteiger partial charge in [-0.25, -0.2) is 4.79 Å². The molecule has 0 fully saturated rings. The van der Waals surface area contributed by atoms with E-state index in [4.69, 9.17) is 12.2 Å². The number of benzene rings is 2. The van der Waals surface area contributed by atoms with Crippen LogP contribution >= 0.6 is 12.2 Å². The molecule has 0 saturated carbocycles. The maximum Gasteiger partial charge on any atom is 0.336 e. The van der Waals surface area contributed by atoms with Crippen LogP contribution in [0.4, 0.5) is 5.69 Å². The molecule has 1 amide bonds. The van der Waals surface area contributed by atoms with Crippen LogP contribution in [0.25, 0.3) is 0 Å². The first kappa shape index (κ1) is 18.6. The fourth-order valence-electron chi connectivity index (χ4n) is 2.44. The van der Waals surface area contributed by atoms with E-state index in [-0.39, 0.29) is 11.5 Å². The Kier molecular flexibility index (Phi) is 5.54. The van der Waals surface area contributed by atoms with E-state index in [1.54, 1.807) is 44.4 Å². The fraction of sp³-hybridized carbons (Fsp3) is 0.211. The average molecular weight is 356 g/mol. The third-order valence-electron chi connectivity index (χ3n) is 3.80. The van der Waals surface area contributed by atoms with Crippen molar-refractivity contribution in [3.8, 4) is 0 Å². The Morgan fingerprint density at radius 2 is 1.44 bits per heavy atom. The van der Waals surface area contributed by atoms with Crippen molar-refractivity contribution in [2.75, 3.05) is 33.1 Å². The van der Waals surface area contributed by atoms with Gasteiger partial charge in [0, 0.05) is 45.0 Å². The molecule has 0 spiro atoms. The van der Waals surface area contributed by atoms with E-state index >= 15 is 0 Å². The summed E-state index contributed by atoms with van der Waals surface area (Å²) in [4.78, 5) is 27.8. The van der Waals surface area contributed by atoms with Gasteiger partial charge in [-0.1, -0.05) is 36.5 Å². The zero-order valence-corrected chi connectivity index (χ0v) is 15.4. The summed E-state index contributed by atoms with van der Waals surface area (Å²) in [5.74, 6) is -1.24. The third kappa shape index (κ3) is 3.85. The summed E-state index contributed by atoms with van der Waals surface area (Å²) >= 11 is 5.55. The molecule has 0 bridgehead atoms. The predicted molar refractivity (Wildman–Crippen MR) is 103 cm³/mol. The second-order valence-corrected chi connectivity index (χ2v) is 6.41. The highest BCUT2D eigenvalue weighted by Gasteiger charge is 2.21. The second kappa shape index (κ2) is 7.44. The Bertz CT molecular complexity index is 844. The lowest BCUT2D eigenvalue weighted by Crippen LogP contribution is -2.25. The number of carboxylic acids is 1. The number of anilines is 1. The molecule has 0 radical (unpaired) electrons. The van der Waals surface area contributed by atoms with Gasteiger partial charge in [-0.15, -0.1) is 0 Å². The molecule has 0 unspecified atom stereocenters. The molecule has 2 aromatic rings.